The highest BCUT2D eigenvalue weighted by Gasteiger charge is 2.40. The van der Waals surface area contributed by atoms with Gasteiger partial charge in [-0.25, -0.2) is 39.5 Å². The lowest BCUT2D eigenvalue weighted by Gasteiger charge is -2.23. The predicted molar refractivity (Wildman–Crippen MR) is 60.2 cm³/mol. The second kappa shape index (κ2) is 5.88. The van der Waals surface area contributed by atoms with Crippen molar-refractivity contribution in [3.63, 3.8) is 0 Å². The van der Waals surface area contributed by atoms with E-state index in [0.717, 1.165) is 0 Å². The zero-order chi connectivity index (χ0) is 19.4. The summed E-state index contributed by atoms with van der Waals surface area (Å²) in [6, 6.07) is 0. The van der Waals surface area contributed by atoms with E-state index < -0.39 is 75.9 Å². The van der Waals surface area contributed by atoms with Crippen molar-refractivity contribution in [2.75, 3.05) is 0 Å². The molecule has 2 aromatic carbocycles. The van der Waals surface area contributed by atoms with Gasteiger partial charge in [-0.05, 0) is 0 Å². The third-order valence-corrected chi connectivity index (χ3v) is 3.09. The van der Waals surface area contributed by atoms with Crippen LogP contribution in [0.15, 0.2) is 0 Å². The minimum Gasteiger partial charge on any atom is -0.445 e. The molecule has 2 aromatic rings. The average Bonchev–Trinajstić information content (AvgIpc) is 2.52. The Balaban J connectivity index is 3.15. The molecular weight excluding hydrogens is 383 g/mol. The van der Waals surface area contributed by atoms with Gasteiger partial charge in [0, 0.05) is 5.56 Å². The van der Waals surface area contributed by atoms with Crippen LogP contribution in [0.25, 0.3) is 11.1 Å². The fourth-order valence-corrected chi connectivity index (χ4v) is 2.02. The van der Waals surface area contributed by atoms with Crippen LogP contribution in [-0.2, 0) is 0 Å². The molecule has 0 nitrogen and oxygen atoms in total. The summed E-state index contributed by atoms with van der Waals surface area (Å²) >= 11 is 0. The summed E-state index contributed by atoms with van der Waals surface area (Å²) in [6.45, 7) is -6.80. The fourth-order valence-electron chi connectivity index (χ4n) is 2.02. The van der Waals surface area contributed by atoms with Gasteiger partial charge in [0.15, 0.2) is 40.7 Å². The van der Waals surface area contributed by atoms with Gasteiger partial charge in [0.25, 0.3) is 0 Å². The van der Waals surface area contributed by atoms with Crippen molar-refractivity contribution in [1.82, 2.24) is 0 Å². The summed E-state index contributed by atoms with van der Waals surface area (Å²) in [6.07, 6.45) is 0. The quantitative estimate of drug-likeness (QED) is 0.307. The van der Waals surface area contributed by atoms with Crippen molar-refractivity contribution >= 4 is 12.4 Å². The average molecular weight is 383 g/mol. The van der Waals surface area contributed by atoms with Gasteiger partial charge in [0.05, 0.1) is 5.56 Å². The molecule has 2 rings (SSSR count). The van der Waals surface area contributed by atoms with E-state index in [1.54, 1.807) is 0 Å². The van der Waals surface area contributed by atoms with Crippen molar-refractivity contribution in [2.24, 2.45) is 0 Å². The van der Waals surface area contributed by atoms with E-state index in [-0.39, 0.29) is 0 Å². The van der Waals surface area contributed by atoms with Gasteiger partial charge < -0.3 is 12.9 Å². The number of halogens is 12. The highest BCUT2D eigenvalue weighted by Crippen LogP contribution is 2.36. The lowest BCUT2D eigenvalue weighted by Crippen LogP contribution is -2.40. The van der Waals surface area contributed by atoms with Crippen LogP contribution in [0.2, 0.25) is 0 Å². The van der Waals surface area contributed by atoms with Crippen LogP contribution in [-0.4, -0.2) is 6.98 Å². The van der Waals surface area contributed by atoms with Crippen molar-refractivity contribution in [2.45, 2.75) is 0 Å². The summed E-state index contributed by atoms with van der Waals surface area (Å²) in [7, 11) is 0. The van der Waals surface area contributed by atoms with E-state index in [1.165, 1.54) is 0 Å². The van der Waals surface area contributed by atoms with Crippen LogP contribution < -0.4 is 5.46 Å². The maximum atomic E-state index is 13.7. The van der Waals surface area contributed by atoms with Crippen molar-refractivity contribution in [1.29, 1.82) is 0 Å². The second-order valence-corrected chi connectivity index (χ2v) is 4.56. The van der Waals surface area contributed by atoms with Crippen LogP contribution >= 0.6 is 0 Å². The van der Waals surface area contributed by atoms with E-state index in [9.17, 15) is 52.5 Å². The first kappa shape index (κ1) is 19.0. The maximum absolute atomic E-state index is 13.7. The molecule has 0 heterocycles. The molecule has 0 bridgehead atoms. The summed E-state index contributed by atoms with van der Waals surface area (Å²) in [5.41, 5.74) is -8.27. The molecule has 0 amide bonds. The minimum atomic E-state index is -6.80. The number of rotatable bonds is 2. The molecule has 0 aliphatic carbocycles. The minimum absolute atomic E-state index is 2.58. The maximum Gasteiger partial charge on any atom is 0.513 e. The summed E-state index contributed by atoms with van der Waals surface area (Å²) < 4.78 is 158. The van der Waals surface area contributed by atoms with E-state index in [4.69, 9.17) is 0 Å². The van der Waals surface area contributed by atoms with Crippen molar-refractivity contribution < 1.29 is 52.5 Å². The number of hydrogen-bond donors (Lipinski definition) is 0. The molecule has 13 heteroatoms. The monoisotopic (exact) mass is 383 g/mol. The fraction of sp³-hybridized carbons (Fsp3) is 0. The van der Waals surface area contributed by atoms with E-state index in [0.29, 0.717) is 0 Å². The lowest BCUT2D eigenvalue weighted by atomic mass is 9.74. The van der Waals surface area contributed by atoms with Gasteiger partial charge >= 0.3 is 6.98 Å². The molecule has 0 N–H and O–H groups in total. The second-order valence-electron chi connectivity index (χ2n) is 4.56. The van der Waals surface area contributed by atoms with Crippen LogP contribution in [0.5, 0.6) is 0 Å². The third kappa shape index (κ3) is 2.70. The zero-order valence-electron chi connectivity index (χ0n) is 11.1. The molecular formula is C12BF12-. The molecule has 0 radical (unpaired) electrons. The Morgan fingerprint density at radius 2 is 0.640 bits per heavy atom. The Morgan fingerprint density at radius 1 is 0.360 bits per heavy atom. The van der Waals surface area contributed by atoms with Crippen LogP contribution in [0.4, 0.5) is 52.5 Å². The molecule has 0 saturated carbocycles. The first-order chi connectivity index (χ1) is 11.3. The molecule has 0 spiro atoms. The molecule has 25 heavy (non-hydrogen) atoms. The zero-order valence-corrected chi connectivity index (χ0v) is 11.1. The summed E-state index contributed by atoms with van der Waals surface area (Å²) in [5.74, 6) is -26.3. The summed E-state index contributed by atoms with van der Waals surface area (Å²) in [5, 5.41) is 0. The highest BCUT2D eigenvalue weighted by molar-refractivity contribution is 6.75. The van der Waals surface area contributed by atoms with Gasteiger partial charge in [-0.15, -0.1) is 0 Å². The van der Waals surface area contributed by atoms with Gasteiger partial charge in [-0.1, -0.05) is 5.46 Å². The smallest absolute Gasteiger partial charge is 0.445 e. The standard InChI is InChI=1S/C12BF12/c14-4-1(2-5(15)9(19)12(22)10(20)6(2)16)3(13(23,24)25)7(17)11(21)8(4)18/q-1. The summed E-state index contributed by atoms with van der Waals surface area (Å²) in [4.78, 5) is 0. The van der Waals surface area contributed by atoms with Crippen molar-refractivity contribution in [3.8, 4) is 11.1 Å². The third-order valence-electron chi connectivity index (χ3n) is 3.09. The molecule has 0 unspecified atom stereocenters. The molecule has 136 valence electrons. The Kier molecular flexibility index (Phi) is 4.47. The topological polar surface area (TPSA) is 0 Å². The van der Waals surface area contributed by atoms with E-state index in [1.807, 2.05) is 0 Å². The van der Waals surface area contributed by atoms with Crippen molar-refractivity contribution in [3.05, 3.63) is 52.4 Å². The van der Waals surface area contributed by atoms with E-state index in [2.05, 4.69) is 0 Å². The molecule has 0 aromatic heterocycles. The largest absolute Gasteiger partial charge is 0.513 e. The van der Waals surface area contributed by atoms with Gasteiger partial charge in [0.2, 0.25) is 5.82 Å². The van der Waals surface area contributed by atoms with Crippen LogP contribution in [0.3, 0.4) is 0 Å². The Hall–Kier alpha value is -2.34. The molecule has 0 aliphatic rings. The predicted octanol–water partition coefficient (Wildman–Crippen LogP) is 4.66. The van der Waals surface area contributed by atoms with Gasteiger partial charge in [0.1, 0.15) is 5.82 Å². The lowest BCUT2D eigenvalue weighted by molar-refractivity contribution is 0.379. The highest BCUT2D eigenvalue weighted by atomic mass is 19.4. The first-order valence-corrected chi connectivity index (χ1v) is 5.89. The molecule has 0 saturated heterocycles. The van der Waals surface area contributed by atoms with Crippen LogP contribution in [0.1, 0.15) is 0 Å². The molecule has 0 atom stereocenters. The van der Waals surface area contributed by atoms with Gasteiger partial charge in [-0.3, -0.25) is 0 Å². The molecule has 0 fully saturated rings. The number of benzene rings is 2. The molecule has 0 aliphatic heterocycles. The van der Waals surface area contributed by atoms with Gasteiger partial charge in [-0.2, -0.15) is 0 Å². The number of hydrogen-bond acceptors (Lipinski definition) is 0. The van der Waals surface area contributed by atoms with E-state index >= 15 is 0 Å². The Bertz CT molecular complexity index is 856. The first-order valence-electron chi connectivity index (χ1n) is 5.89. The normalized spacial score (nSPS) is 12.0. The Morgan fingerprint density at radius 3 is 1.00 bits per heavy atom. The Labute approximate surface area is 129 Å². The SMILES string of the molecule is Fc1c(F)c(F)c(-c2c(F)c(F)c(F)c(F)c2[B-](F)(F)F)c(F)c1F. The van der Waals surface area contributed by atoms with Crippen LogP contribution in [0, 0.1) is 52.4 Å².